The van der Waals surface area contributed by atoms with Crippen molar-refractivity contribution in [3.63, 3.8) is 0 Å². The molecule has 0 amide bonds. The number of benzene rings is 3. The molecule has 0 radical (unpaired) electrons. The summed E-state index contributed by atoms with van der Waals surface area (Å²) in [6.07, 6.45) is 0. The molecule has 3 aromatic rings. The smallest absolute Gasteiger partial charge is 0.258 e. The van der Waals surface area contributed by atoms with Crippen molar-refractivity contribution in [2.45, 2.75) is 20.2 Å². The summed E-state index contributed by atoms with van der Waals surface area (Å²) in [5.74, 6) is 0. The van der Waals surface area contributed by atoms with Crippen molar-refractivity contribution in [2.24, 2.45) is 0 Å². The van der Waals surface area contributed by atoms with Gasteiger partial charge in [-0.1, -0.05) is 51.9 Å². The van der Waals surface area contributed by atoms with E-state index in [0.29, 0.717) is 11.8 Å². The standard InChI is InChI=1S/C20H17FN2O6S3/c21-20(30-17-13-11-16(12-14-17)23(24)25)15-22(31(26,27)18-7-3-1-4-8-18)32(28,29)19-9-5-2-6-10-19/h1-14,20H,15H2. The maximum atomic E-state index is 14.9. The van der Waals surface area contributed by atoms with E-state index in [0.717, 1.165) is 0 Å². The van der Waals surface area contributed by atoms with Crippen LogP contribution in [0.5, 0.6) is 0 Å². The maximum absolute atomic E-state index is 14.9. The first-order chi connectivity index (χ1) is 15.1. The van der Waals surface area contributed by atoms with Crippen LogP contribution in [0, 0.1) is 10.1 Å². The second-order valence-corrected chi connectivity index (χ2v) is 11.5. The lowest BCUT2D eigenvalue weighted by Crippen LogP contribution is -2.40. The Morgan fingerprint density at radius 2 is 1.25 bits per heavy atom. The highest BCUT2D eigenvalue weighted by Gasteiger charge is 2.38. The highest BCUT2D eigenvalue weighted by atomic mass is 32.3. The summed E-state index contributed by atoms with van der Waals surface area (Å²) in [6.45, 7) is -0.990. The fraction of sp³-hybridized carbons (Fsp3) is 0.100. The molecule has 32 heavy (non-hydrogen) atoms. The van der Waals surface area contributed by atoms with E-state index in [-0.39, 0.29) is 24.1 Å². The number of nitro benzene ring substituents is 1. The highest BCUT2D eigenvalue weighted by Crippen LogP contribution is 2.31. The van der Waals surface area contributed by atoms with E-state index in [9.17, 15) is 31.3 Å². The van der Waals surface area contributed by atoms with E-state index < -0.39 is 37.0 Å². The predicted molar refractivity (Wildman–Crippen MR) is 118 cm³/mol. The molecule has 1 atom stereocenters. The summed E-state index contributed by atoms with van der Waals surface area (Å²) in [6, 6.07) is 18.7. The molecule has 0 spiro atoms. The molecule has 0 aliphatic rings. The van der Waals surface area contributed by atoms with Crippen LogP contribution >= 0.6 is 11.8 Å². The van der Waals surface area contributed by atoms with Gasteiger partial charge in [0.2, 0.25) is 0 Å². The minimum absolute atomic E-state index is 0.147. The van der Waals surface area contributed by atoms with E-state index in [1.807, 2.05) is 0 Å². The topological polar surface area (TPSA) is 115 Å². The number of non-ortho nitro benzene ring substituents is 1. The zero-order valence-corrected chi connectivity index (χ0v) is 18.8. The van der Waals surface area contributed by atoms with Crippen LogP contribution in [0.4, 0.5) is 10.1 Å². The van der Waals surface area contributed by atoms with E-state index in [2.05, 4.69) is 0 Å². The second kappa shape index (κ2) is 9.77. The number of hydrogen-bond donors (Lipinski definition) is 0. The number of rotatable bonds is 9. The van der Waals surface area contributed by atoms with Crippen LogP contribution in [0.15, 0.2) is 99.6 Å². The SMILES string of the molecule is O=[N+]([O-])c1ccc(SC(F)CN(S(=O)(=O)c2ccccc2)S(=O)(=O)c2ccccc2)cc1. The molecule has 0 aromatic heterocycles. The Morgan fingerprint density at radius 3 is 1.66 bits per heavy atom. The predicted octanol–water partition coefficient (Wildman–Crippen LogP) is 4.06. The third kappa shape index (κ3) is 5.33. The third-order valence-corrected chi connectivity index (χ3v) is 9.46. The summed E-state index contributed by atoms with van der Waals surface area (Å²) in [5.41, 5.74) is -2.17. The molecule has 0 heterocycles. The van der Waals surface area contributed by atoms with E-state index >= 15 is 0 Å². The second-order valence-electron chi connectivity index (χ2n) is 6.37. The van der Waals surface area contributed by atoms with Crippen molar-refractivity contribution in [2.75, 3.05) is 6.54 Å². The molecule has 0 N–H and O–H groups in total. The number of thioether (sulfide) groups is 1. The molecule has 1 unspecified atom stereocenters. The van der Waals surface area contributed by atoms with E-state index in [1.165, 1.54) is 72.8 Å². The van der Waals surface area contributed by atoms with Crippen molar-refractivity contribution in [1.82, 2.24) is 3.71 Å². The Balaban J connectivity index is 1.95. The van der Waals surface area contributed by atoms with Crippen LogP contribution in [0.25, 0.3) is 0 Å². The lowest BCUT2D eigenvalue weighted by atomic mass is 10.3. The van der Waals surface area contributed by atoms with Gasteiger partial charge in [-0.05, 0) is 36.4 Å². The minimum atomic E-state index is -4.61. The Kier molecular flexibility index (Phi) is 7.29. The van der Waals surface area contributed by atoms with Gasteiger partial charge < -0.3 is 0 Å². The van der Waals surface area contributed by atoms with Crippen molar-refractivity contribution in [3.8, 4) is 0 Å². The summed E-state index contributed by atoms with van der Waals surface area (Å²) in [5, 5.41) is 10.8. The van der Waals surface area contributed by atoms with Crippen LogP contribution < -0.4 is 0 Å². The molecule has 0 aliphatic heterocycles. The normalized spacial score (nSPS) is 13.1. The Labute approximate surface area is 188 Å². The monoisotopic (exact) mass is 496 g/mol. The van der Waals surface area contributed by atoms with Crippen LogP contribution in [-0.4, -0.2) is 37.5 Å². The van der Waals surface area contributed by atoms with Gasteiger partial charge in [0, 0.05) is 17.0 Å². The van der Waals surface area contributed by atoms with Crippen molar-refractivity contribution in [1.29, 1.82) is 0 Å². The first-order valence-corrected chi connectivity index (χ1v) is 12.8. The molecule has 0 fully saturated rings. The first-order valence-electron chi connectivity index (χ1n) is 9.05. The molecule has 0 aliphatic carbocycles. The molecule has 0 saturated heterocycles. The molecular formula is C20H17FN2O6S3. The van der Waals surface area contributed by atoms with Gasteiger partial charge in [-0.2, -0.15) is 0 Å². The summed E-state index contributed by atoms with van der Waals surface area (Å²) < 4.78 is 67.7. The number of halogens is 1. The van der Waals surface area contributed by atoms with Gasteiger partial charge in [-0.15, -0.1) is 0 Å². The largest absolute Gasteiger partial charge is 0.269 e. The Morgan fingerprint density at radius 1 is 0.812 bits per heavy atom. The average molecular weight is 497 g/mol. The average Bonchev–Trinajstić information content (AvgIpc) is 2.79. The van der Waals surface area contributed by atoms with Gasteiger partial charge in [-0.3, -0.25) is 10.1 Å². The molecule has 0 bridgehead atoms. The molecule has 168 valence electrons. The van der Waals surface area contributed by atoms with Gasteiger partial charge in [0.15, 0.2) is 5.50 Å². The highest BCUT2D eigenvalue weighted by molar-refractivity contribution is 8.04. The number of nitro groups is 1. The van der Waals surface area contributed by atoms with Crippen molar-refractivity contribution in [3.05, 3.63) is 95.0 Å². The zero-order chi connectivity index (χ0) is 23.4. The van der Waals surface area contributed by atoms with Crippen LogP contribution in [-0.2, 0) is 20.0 Å². The molecule has 3 rings (SSSR count). The van der Waals surface area contributed by atoms with Gasteiger partial charge in [0.1, 0.15) is 0 Å². The summed E-state index contributed by atoms with van der Waals surface area (Å²) in [7, 11) is -9.22. The number of alkyl halides is 1. The summed E-state index contributed by atoms with van der Waals surface area (Å²) in [4.78, 5) is 9.82. The molecule has 3 aromatic carbocycles. The number of hydrogen-bond acceptors (Lipinski definition) is 7. The molecular weight excluding hydrogens is 479 g/mol. The number of nitrogens with zero attached hydrogens (tertiary/aromatic N) is 2. The maximum Gasteiger partial charge on any atom is 0.269 e. The minimum Gasteiger partial charge on any atom is -0.258 e. The first kappa shape index (κ1) is 23.9. The van der Waals surface area contributed by atoms with E-state index in [1.54, 1.807) is 12.1 Å². The Hall–Kier alpha value is -2.80. The lowest BCUT2D eigenvalue weighted by Gasteiger charge is -2.23. The quantitative estimate of drug-likeness (QED) is 0.249. The fourth-order valence-electron chi connectivity index (χ4n) is 2.69. The third-order valence-electron chi connectivity index (χ3n) is 4.22. The van der Waals surface area contributed by atoms with Crippen molar-refractivity contribution >= 4 is 37.5 Å². The van der Waals surface area contributed by atoms with Gasteiger partial charge >= 0.3 is 0 Å². The van der Waals surface area contributed by atoms with Crippen LogP contribution in [0.3, 0.4) is 0 Å². The molecule has 0 saturated carbocycles. The van der Waals surface area contributed by atoms with Gasteiger partial charge in [0.25, 0.3) is 25.7 Å². The van der Waals surface area contributed by atoms with E-state index in [4.69, 9.17) is 0 Å². The molecule has 8 nitrogen and oxygen atoms in total. The van der Waals surface area contributed by atoms with Crippen LogP contribution in [0.2, 0.25) is 0 Å². The van der Waals surface area contributed by atoms with Crippen LogP contribution in [0.1, 0.15) is 0 Å². The van der Waals surface area contributed by atoms with Gasteiger partial charge in [-0.25, -0.2) is 21.2 Å². The zero-order valence-electron chi connectivity index (χ0n) is 16.3. The van der Waals surface area contributed by atoms with Crippen molar-refractivity contribution < 1.29 is 26.1 Å². The Bertz CT molecular complexity index is 1220. The summed E-state index contributed by atoms with van der Waals surface area (Å²) >= 11 is 0.555. The fourth-order valence-corrected chi connectivity index (χ4v) is 7.37. The number of sulfonamides is 2. The van der Waals surface area contributed by atoms with Gasteiger partial charge in [0.05, 0.1) is 21.3 Å². The lowest BCUT2D eigenvalue weighted by molar-refractivity contribution is -0.384. The molecule has 12 heteroatoms.